The van der Waals surface area contributed by atoms with E-state index in [9.17, 15) is 14.9 Å². The molecule has 0 bridgehead atoms. The lowest BCUT2D eigenvalue weighted by molar-refractivity contribution is -0.910. The summed E-state index contributed by atoms with van der Waals surface area (Å²) in [7, 11) is 1.46. The minimum absolute atomic E-state index is 0.103. The van der Waals surface area contributed by atoms with Crippen LogP contribution in [0.15, 0.2) is 36.4 Å². The number of nitrogens with one attached hydrogen (secondary N) is 2. The quantitative estimate of drug-likeness (QED) is 0.551. The van der Waals surface area contributed by atoms with Crippen molar-refractivity contribution in [3.05, 3.63) is 52.1 Å². The van der Waals surface area contributed by atoms with Crippen LogP contribution in [-0.4, -0.2) is 44.2 Å². The molecule has 2 atom stereocenters. The molecule has 1 amide bonds. The van der Waals surface area contributed by atoms with Gasteiger partial charge in [0, 0.05) is 30.5 Å². The van der Waals surface area contributed by atoms with Crippen molar-refractivity contribution in [2.75, 3.05) is 38.7 Å². The minimum Gasteiger partial charge on any atom is -0.495 e. The Bertz CT molecular complexity index is 964. The van der Waals surface area contributed by atoms with E-state index < -0.39 is 4.92 Å². The number of carbonyl (C=O) groups is 1. The molecule has 1 saturated heterocycles. The number of amides is 1. The SMILES string of the molecule is COc1ccc([N+](=O)[O-])cc1NC(=O)C[NH+]1CCC[C@H]1c1ccc2c(c1)OCCO2. The number of fused-ring (bicyclic) bond motifs is 1. The number of rotatable bonds is 6. The third-order valence-electron chi connectivity index (χ3n) is 5.51. The highest BCUT2D eigenvalue weighted by molar-refractivity contribution is 5.93. The number of methoxy groups -OCH3 is 1. The molecule has 30 heavy (non-hydrogen) atoms. The minimum atomic E-state index is -0.501. The van der Waals surface area contributed by atoms with Gasteiger partial charge in [0.2, 0.25) is 0 Å². The van der Waals surface area contributed by atoms with Crippen LogP contribution >= 0.6 is 0 Å². The zero-order chi connectivity index (χ0) is 21.1. The summed E-state index contributed by atoms with van der Waals surface area (Å²) in [6.07, 6.45) is 1.99. The number of non-ortho nitro benzene ring substituents is 1. The molecule has 2 aliphatic rings. The Balaban J connectivity index is 1.47. The molecular weight excluding hydrogens is 390 g/mol. The van der Waals surface area contributed by atoms with E-state index in [1.54, 1.807) is 0 Å². The van der Waals surface area contributed by atoms with Crippen molar-refractivity contribution in [1.82, 2.24) is 0 Å². The van der Waals surface area contributed by atoms with Crippen LogP contribution < -0.4 is 24.4 Å². The van der Waals surface area contributed by atoms with E-state index >= 15 is 0 Å². The second-order valence-electron chi connectivity index (χ2n) is 7.37. The van der Waals surface area contributed by atoms with Gasteiger partial charge < -0.3 is 24.4 Å². The molecule has 2 N–H and O–H groups in total. The summed E-state index contributed by atoms with van der Waals surface area (Å²) in [4.78, 5) is 24.4. The number of nitro benzene ring substituents is 1. The predicted octanol–water partition coefficient (Wildman–Crippen LogP) is 1.73. The molecule has 0 radical (unpaired) electrons. The second-order valence-corrected chi connectivity index (χ2v) is 7.37. The summed E-state index contributed by atoms with van der Waals surface area (Å²) in [6.45, 7) is 2.21. The van der Waals surface area contributed by atoms with E-state index in [0.717, 1.165) is 41.3 Å². The third kappa shape index (κ3) is 4.16. The fourth-order valence-electron chi connectivity index (χ4n) is 4.11. The molecule has 0 aliphatic carbocycles. The molecule has 2 aliphatic heterocycles. The van der Waals surface area contributed by atoms with Crippen LogP contribution in [0.1, 0.15) is 24.4 Å². The van der Waals surface area contributed by atoms with E-state index in [2.05, 4.69) is 5.32 Å². The summed E-state index contributed by atoms with van der Waals surface area (Å²) in [5, 5.41) is 13.8. The Labute approximate surface area is 173 Å². The first-order valence-corrected chi connectivity index (χ1v) is 9.91. The molecule has 2 aromatic carbocycles. The normalized spacial score (nSPS) is 19.9. The van der Waals surface area contributed by atoms with Gasteiger partial charge in [0.15, 0.2) is 18.0 Å². The largest absolute Gasteiger partial charge is 0.495 e. The third-order valence-corrected chi connectivity index (χ3v) is 5.51. The van der Waals surface area contributed by atoms with Gasteiger partial charge in [-0.05, 0) is 24.3 Å². The van der Waals surface area contributed by atoms with Gasteiger partial charge >= 0.3 is 0 Å². The van der Waals surface area contributed by atoms with Gasteiger partial charge in [0.05, 0.1) is 24.3 Å². The first-order chi connectivity index (χ1) is 14.5. The molecule has 1 fully saturated rings. The fourth-order valence-corrected chi connectivity index (χ4v) is 4.11. The van der Waals surface area contributed by atoms with Crippen LogP contribution in [0.4, 0.5) is 11.4 Å². The number of ether oxygens (including phenoxy) is 3. The lowest BCUT2D eigenvalue weighted by Crippen LogP contribution is -3.11. The van der Waals surface area contributed by atoms with Gasteiger partial charge in [-0.2, -0.15) is 0 Å². The van der Waals surface area contributed by atoms with Crippen LogP contribution in [0.2, 0.25) is 0 Å². The van der Waals surface area contributed by atoms with Gasteiger partial charge in [-0.3, -0.25) is 14.9 Å². The summed E-state index contributed by atoms with van der Waals surface area (Å²) < 4.78 is 16.5. The van der Waals surface area contributed by atoms with Crippen molar-refractivity contribution in [3.8, 4) is 17.2 Å². The molecule has 4 rings (SSSR count). The van der Waals surface area contributed by atoms with E-state index in [1.165, 1.54) is 25.3 Å². The van der Waals surface area contributed by atoms with Crippen LogP contribution in [0.5, 0.6) is 17.2 Å². The lowest BCUT2D eigenvalue weighted by atomic mass is 10.0. The Morgan fingerprint density at radius 2 is 2.03 bits per heavy atom. The summed E-state index contributed by atoms with van der Waals surface area (Å²) >= 11 is 0. The van der Waals surface area contributed by atoms with Crippen LogP contribution in [0.3, 0.4) is 0 Å². The topological polar surface area (TPSA) is 104 Å². The van der Waals surface area contributed by atoms with E-state index in [1.807, 2.05) is 18.2 Å². The van der Waals surface area contributed by atoms with Gasteiger partial charge in [-0.15, -0.1) is 0 Å². The van der Waals surface area contributed by atoms with Crippen molar-refractivity contribution in [1.29, 1.82) is 0 Å². The Morgan fingerprint density at radius 3 is 2.80 bits per heavy atom. The zero-order valence-corrected chi connectivity index (χ0v) is 16.7. The number of quaternary nitrogens is 1. The Kier molecular flexibility index (Phi) is 5.71. The predicted molar refractivity (Wildman–Crippen MR) is 108 cm³/mol. The lowest BCUT2D eigenvalue weighted by Gasteiger charge is -2.24. The average Bonchev–Trinajstić information content (AvgIpc) is 3.21. The highest BCUT2D eigenvalue weighted by Gasteiger charge is 2.32. The van der Waals surface area contributed by atoms with E-state index in [0.29, 0.717) is 24.7 Å². The Morgan fingerprint density at radius 1 is 1.23 bits per heavy atom. The van der Waals surface area contributed by atoms with Gasteiger partial charge in [0.1, 0.15) is 25.0 Å². The molecule has 2 heterocycles. The van der Waals surface area contributed by atoms with Crippen molar-refractivity contribution in [2.24, 2.45) is 0 Å². The van der Waals surface area contributed by atoms with Gasteiger partial charge in [-0.25, -0.2) is 0 Å². The first-order valence-electron chi connectivity index (χ1n) is 9.91. The summed E-state index contributed by atoms with van der Waals surface area (Å²) in [5.41, 5.74) is 1.31. The van der Waals surface area contributed by atoms with Gasteiger partial charge in [0.25, 0.3) is 11.6 Å². The molecule has 9 nitrogen and oxygen atoms in total. The molecule has 0 aromatic heterocycles. The Hall–Kier alpha value is -3.33. The number of likely N-dealkylation sites (tertiary alicyclic amines) is 1. The van der Waals surface area contributed by atoms with Crippen molar-refractivity contribution in [2.45, 2.75) is 18.9 Å². The molecular formula is C21H24N3O6+. The average molecular weight is 414 g/mol. The van der Waals surface area contributed by atoms with Crippen molar-refractivity contribution >= 4 is 17.3 Å². The molecule has 1 unspecified atom stereocenters. The number of benzene rings is 2. The first kappa shape index (κ1) is 20.0. The van der Waals surface area contributed by atoms with Crippen LogP contribution in [-0.2, 0) is 4.79 Å². The van der Waals surface area contributed by atoms with Crippen LogP contribution in [0, 0.1) is 10.1 Å². The highest BCUT2D eigenvalue weighted by Crippen LogP contribution is 2.33. The molecule has 158 valence electrons. The van der Waals surface area contributed by atoms with Gasteiger partial charge in [-0.1, -0.05) is 0 Å². The maximum Gasteiger partial charge on any atom is 0.279 e. The van der Waals surface area contributed by atoms with E-state index in [-0.39, 0.29) is 24.2 Å². The smallest absolute Gasteiger partial charge is 0.279 e. The molecule has 0 spiro atoms. The monoisotopic (exact) mass is 414 g/mol. The molecule has 2 aromatic rings. The highest BCUT2D eigenvalue weighted by atomic mass is 16.6. The molecule has 0 saturated carbocycles. The van der Waals surface area contributed by atoms with Crippen molar-refractivity contribution < 1.29 is 28.8 Å². The zero-order valence-electron chi connectivity index (χ0n) is 16.7. The fraction of sp³-hybridized carbons (Fsp3) is 0.381. The number of nitro groups is 1. The number of hydrogen-bond acceptors (Lipinski definition) is 6. The maximum absolute atomic E-state index is 12.7. The van der Waals surface area contributed by atoms with Crippen molar-refractivity contribution in [3.63, 3.8) is 0 Å². The summed E-state index contributed by atoms with van der Waals surface area (Å²) in [5.74, 6) is 1.66. The number of carbonyl (C=O) groups excluding carboxylic acids is 1. The maximum atomic E-state index is 12.7. The standard InChI is InChI=1S/C21H23N3O6/c1-28-18-7-5-15(24(26)27)12-16(18)22-21(25)13-23-8-2-3-17(23)14-4-6-19-20(11-14)30-10-9-29-19/h4-7,11-12,17H,2-3,8-10,13H2,1H3,(H,22,25)/p+1/t17-/m0/s1. The number of anilines is 1. The van der Waals surface area contributed by atoms with E-state index in [4.69, 9.17) is 14.2 Å². The second kappa shape index (κ2) is 8.58. The summed E-state index contributed by atoms with van der Waals surface area (Å²) in [6, 6.07) is 10.3. The molecule has 9 heteroatoms. The van der Waals surface area contributed by atoms with Crippen LogP contribution in [0.25, 0.3) is 0 Å². The number of nitrogens with zero attached hydrogens (tertiary/aromatic N) is 1. The number of hydrogen-bond donors (Lipinski definition) is 2.